The van der Waals surface area contributed by atoms with E-state index in [0.29, 0.717) is 39.0 Å². The molecule has 0 unspecified atom stereocenters. The molecule has 0 spiro atoms. The Morgan fingerprint density at radius 1 is 1.12 bits per heavy atom. The molecule has 1 aliphatic rings. The van der Waals surface area contributed by atoms with Gasteiger partial charge in [-0.15, -0.1) is 0 Å². The van der Waals surface area contributed by atoms with Crippen LogP contribution in [0.2, 0.25) is 0 Å². The molecule has 182 valence electrons. The fourth-order valence-corrected chi connectivity index (χ4v) is 4.22. The summed E-state index contributed by atoms with van der Waals surface area (Å²) in [6.07, 6.45) is 12.8. The fourth-order valence-electron chi connectivity index (χ4n) is 4.22. The van der Waals surface area contributed by atoms with Crippen molar-refractivity contribution >= 4 is 17.7 Å². The first-order valence-corrected chi connectivity index (χ1v) is 12.3. The van der Waals surface area contributed by atoms with Crippen LogP contribution < -0.4 is 0 Å². The topological polar surface area (TPSA) is 81.5 Å². The van der Waals surface area contributed by atoms with Gasteiger partial charge in [0.2, 0.25) is 5.91 Å². The van der Waals surface area contributed by atoms with E-state index >= 15 is 0 Å². The van der Waals surface area contributed by atoms with Crippen LogP contribution in [-0.2, 0) is 32.1 Å². The Hall–Kier alpha value is -3.22. The fraction of sp³-hybridized carbons (Fsp3) is 0.481. The average Bonchev–Trinajstić information content (AvgIpc) is 3.41. The van der Waals surface area contributed by atoms with E-state index in [1.165, 1.54) is 0 Å². The van der Waals surface area contributed by atoms with Gasteiger partial charge in [0.15, 0.2) is 5.78 Å². The summed E-state index contributed by atoms with van der Waals surface area (Å²) in [4.78, 5) is 38.0. The summed E-state index contributed by atoms with van der Waals surface area (Å²) in [7, 11) is 0. The predicted octanol–water partition coefficient (Wildman–Crippen LogP) is 4.10. The van der Waals surface area contributed by atoms with Gasteiger partial charge >= 0.3 is 5.97 Å². The minimum Gasteiger partial charge on any atom is -0.466 e. The molecule has 1 aromatic heterocycles. The molecule has 1 saturated heterocycles. The second-order valence-electron chi connectivity index (χ2n) is 8.70. The smallest absolute Gasteiger partial charge is 0.305 e. The number of rotatable bonds is 14. The third-order valence-corrected chi connectivity index (χ3v) is 5.97. The Labute approximate surface area is 201 Å². The molecule has 2 heterocycles. The first-order valence-electron chi connectivity index (χ1n) is 12.3. The maximum absolute atomic E-state index is 12.5. The lowest BCUT2D eigenvalue weighted by atomic mass is 10.1. The van der Waals surface area contributed by atoms with Gasteiger partial charge < -0.3 is 9.64 Å². The highest BCUT2D eigenvalue weighted by Gasteiger charge is 2.28. The number of hydrogen-bond acceptors (Lipinski definition) is 5. The number of nitrogens with zero attached hydrogens (tertiary/aromatic N) is 3. The van der Waals surface area contributed by atoms with E-state index in [2.05, 4.69) is 5.10 Å². The van der Waals surface area contributed by atoms with Gasteiger partial charge in [-0.05, 0) is 43.4 Å². The monoisotopic (exact) mass is 465 g/mol. The number of carbonyl (C=O) groups is 3. The molecule has 2 aromatic rings. The normalized spacial score (nSPS) is 15.9. The first kappa shape index (κ1) is 25.4. The van der Waals surface area contributed by atoms with Crippen molar-refractivity contribution in [3.05, 3.63) is 66.0 Å². The zero-order valence-corrected chi connectivity index (χ0v) is 20.0. The van der Waals surface area contributed by atoms with E-state index in [4.69, 9.17) is 4.74 Å². The summed E-state index contributed by atoms with van der Waals surface area (Å²) in [5, 5.41) is 4.36. The van der Waals surface area contributed by atoms with Gasteiger partial charge in [0.25, 0.3) is 0 Å². The van der Waals surface area contributed by atoms with Crippen molar-refractivity contribution in [1.82, 2.24) is 14.7 Å². The van der Waals surface area contributed by atoms with Gasteiger partial charge in [-0.3, -0.25) is 19.1 Å². The van der Waals surface area contributed by atoms with Gasteiger partial charge in [0.1, 0.15) is 0 Å². The molecule has 1 atom stereocenters. The van der Waals surface area contributed by atoms with Crippen molar-refractivity contribution in [3.8, 4) is 0 Å². The van der Waals surface area contributed by atoms with E-state index in [9.17, 15) is 14.4 Å². The Bertz CT molecular complexity index is 967. The number of unbranched alkanes of at least 4 members (excludes halogenated alkanes) is 3. The van der Waals surface area contributed by atoms with E-state index in [-0.39, 0.29) is 23.7 Å². The molecule has 1 fully saturated rings. The van der Waals surface area contributed by atoms with Gasteiger partial charge in [-0.25, -0.2) is 0 Å². The van der Waals surface area contributed by atoms with E-state index in [1.54, 1.807) is 12.3 Å². The summed E-state index contributed by atoms with van der Waals surface area (Å²) >= 11 is 0. The molecule has 1 aromatic carbocycles. The van der Waals surface area contributed by atoms with Crippen molar-refractivity contribution in [2.75, 3.05) is 13.2 Å². The molecule has 0 aliphatic carbocycles. The minimum atomic E-state index is -0.143. The molecule has 0 bridgehead atoms. The summed E-state index contributed by atoms with van der Waals surface area (Å²) in [5.74, 6) is 0.0176. The molecule has 1 aliphatic heterocycles. The molecule has 0 radical (unpaired) electrons. The van der Waals surface area contributed by atoms with Crippen LogP contribution in [0.3, 0.4) is 0 Å². The van der Waals surface area contributed by atoms with Crippen LogP contribution in [0.15, 0.2) is 54.9 Å². The third kappa shape index (κ3) is 8.28. The van der Waals surface area contributed by atoms with Crippen LogP contribution in [0.5, 0.6) is 0 Å². The number of ether oxygens (including phenoxy) is 1. The number of hydrogen-bond donors (Lipinski definition) is 0. The SMILES string of the molecule is CCOC(=O)CCCCCCN1C(=O)CC[C@@H]1C=CC(=O)Cc1cnn(Cc2ccccc2)c1. The Kier molecular flexibility index (Phi) is 10.1. The zero-order valence-electron chi connectivity index (χ0n) is 20.0. The lowest BCUT2D eigenvalue weighted by Gasteiger charge is -2.22. The van der Waals surface area contributed by atoms with Crippen molar-refractivity contribution in [2.45, 2.75) is 70.9 Å². The summed E-state index contributed by atoms with van der Waals surface area (Å²) in [6.45, 7) is 3.59. The Morgan fingerprint density at radius 2 is 1.91 bits per heavy atom. The Morgan fingerprint density at radius 3 is 2.71 bits per heavy atom. The standard InChI is InChI=1S/C27H35N3O4/c1-2-34-27(33)12-8-3-4-9-17-30-24(14-16-26(30)32)13-15-25(31)18-23-19-28-29(21-23)20-22-10-6-5-7-11-22/h5-7,10-11,13,15,19,21,24H,2-4,8-9,12,14,16-18,20H2,1H3/t24-/m0/s1. The molecule has 7 nitrogen and oxygen atoms in total. The van der Waals surface area contributed by atoms with E-state index in [1.807, 2.05) is 59.1 Å². The van der Waals surface area contributed by atoms with Crippen molar-refractivity contribution in [2.24, 2.45) is 0 Å². The molecule has 1 amide bonds. The zero-order chi connectivity index (χ0) is 24.2. The number of amides is 1. The lowest BCUT2D eigenvalue weighted by molar-refractivity contribution is -0.143. The predicted molar refractivity (Wildman–Crippen MR) is 130 cm³/mol. The number of esters is 1. The summed E-state index contributed by atoms with van der Waals surface area (Å²) in [5.41, 5.74) is 2.04. The second kappa shape index (κ2) is 13.5. The van der Waals surface area contributed by atoms with Gasteiger partial charge in [0, 0.05) is 32.0 Å². The van der Waals surface area contributed by atoms with Gasteiger partial charge in [-0.2, -0.15) is 5.10 Å². The van der Waals surface area contributed by atoms with Crippen molar-refractivity contribution in [1.29, 1.82) is 0 Å². The van der Waals surface area contributed by atoms with Crippen LogP contribution in [0.1, 0.15) is 63.0 Å². The molecular formula is C27H35N3O4. The number of carbonyl (C=O) groups excluding carboxylic acids is 3. The van der Waals surface area contributed by atoms with Crippen molar-refractivity contribution < 1.29 is 19.1 Å². The van der Waals surface area contributed by atoms with Crippen LogP contribution >= 0.6 is 0 Å². The molecule has 3 rings (SSSR count). The third-order valence-electron chi connectivity index (χ3n) is 5.97. The minimum absolute atomic E-state index is 0.0116. The van der Waals surface area contributed by atoms with Crippen LogP contribution in [0.4, 0.5) is 0 Å². The summed E-state index contributed by atoms with van der Waals surface area (Å²) in [6, 6.07) is 10.1. The highest BCUT2D eigenvalue weighted by molar-refractivity contribution is 5.91. The highest BCUT2D eigenvalue weighted by Crippen LogP contribution is 2.21. The van der Waals surface area contributed by atoms with Crippen LogP contribution in [0.25, 0.3) is 0 Å². The van der Waals surface area contributed by atoms with Crippen LogP contribution in [0, 0.1) is 0 Å². The Balaban J connectivity index is 1.40. The van der Waals surface area contributed by atoms with Crippen molar-refractivity contribution in [3.63, 3.8) is 0 Å². The van der Waals surface area contributed by atoms with E-state index in [0.717, 1.165) is 43.2 Å². The lowest BCUT2D eigenvalue weighted by Crippen LogP contribution is -2.32. The van der Waals surface area contributed by atoms with Gasteiger partial charge in [-0.1, -0.05) is 49.2 Å². The average molecular weight is 466 g/mol. The number of aromatic nitrogens is 2. The molecular weight excluding hydrogens is 430 g/mol. The number of benzene rings is 1. The van der Waals surface area contributed by atoms with Gasteiger partial charge in [0.05, 0.1) is 25.4 Å². The number of likely N-dealkylation sites (tertiary alicyclic amines) is 1. The van der Waals surface area contributed by atoms with Crippen LogP contribution in [-0.4, -0.2) is 51.5 Å². The highest BCUT2D eigenvalue weighted by atomic mass is 16.5. The molecule has 34 heavy (non-hydrogen) atoms. The maximum Gasteiger partial charge on any atom is 0.305 e. The number of ketones is 1. The summed E-state index contributed by atoms with van der Waals surface area (Å²) < 4.78 is 6.77. The molecule has 7 heteroatoms. The quantitative estimate of drug-likeness (QED) is 0.238. The van der Waals surface area contributed by atoms with E-state index < -0.39 is 0 Å². The molecule has 0 N–H and O–H groups in total. The largest absolute Gasteiger partial charge is 0.466 e. The second-order valence-corrected chi connectivity index (χ2v) is 8.70. The molecule has 0 saturated carbocycles. The maximum atomic E-state index is 12.5. The first-order chi connectivity index (χ1) is 16.5. The number of allylic oxidation sites excluding steroid dienone is 1.